The summed E-state index contributed by atoms with van der Waals surface area (Å²) < 4.78 is 7.23. The summed E-state index contributed by atoms with van der Waals surface area (Å²) in [7, 11) is 1.67. The Balaban J connectivity index is 2.07. The summed E-state index contributed by atoms with van der Waals surface area (Å²) in [6.07, 6.45) is 0.871. The van der Waals surface area contributed by atoms with Crippen molar-refractivity contribution in [1.82, 2.24) is 19.8 Å². The Bertz CT molecular complexity index is 732. The second kappa shape index (κ2) is 5.20. The molecular formula is C14H16N4OS. The van der Waals surface area contributed by atoms with Crippen LogP contribution in [0.2, 0.25) is 0 Å². The molecule has 6 heteroatoms. The van der Waals surface area contributed by atoms with Gasteiger partial charge >= 0.3 is 0 Å². The predicted octanol–water partition coefficient (Wildman–Crippen LogP) is 3.06. The molecule has 3 aromatic rings. The lowest BCUT2D eigenvalue weighted by molar-refractivity contribution is 0.416. The molecule has 0 spiro atoms. The van der Waals surface area contributed by atoms with E-state index in [2.05, 4.69) is 29.1 Å². The molecule has 0 aliphatic carbocycles. The second-order valence-electron chi connectivity index (χ2n) is 5.02. The first kappa shape index (κ1) is 13.1. The highest BCUT2D eigenvalue weighted by molar-refractivity contribution is 7.19. The average molecular weight is 288 g/mol. The summed E-state index contributed by atoms with van der Waals surface area (Å²) in [4.78, 5) is 0.821. The van der Waals surface area contributed by atoms with E-state index in [1.54, 1.807) is 7.11 Å². The van der Waals surface area contributed by atoms with E-state index in [4.69, 9.17) is 4.74 Å². The van der Waals surface area contributed by atoms with Crippen LogP contribution in [0.3, 0.4) is 0 Å². The van der Waals surface area contributed by atoms with E-state index in [9.17, 15) is 0 Å². The maximum atomic E-state index is 5.39. The van der Waals surface area contributed by atoms with Crippen LogP contribution < -0.4 is 4.74 Å². The molecule has 0 unspecified atom stereocenters. The maximum absolute atomic E-state index is 5.39. The summed E-state index contributed by atoms with van der Waals surface area (Å²) in [5, 5.41) is 13.9. The summed E-state index contributed by atoms with van der Waals surface area (Å²) in [5.41, 5.74) is 0.987. The molecule has 5 nitrogen and oxygen atoms in total. The fourth-order valence-corrected chi connectivity index (χ4v) is 2.97. The van der Waals surface area contributed by atoms with Gasteiger partial charge < -0.3 is 4.74 Å². The van der Waals surface area contributed by atoms with Crippen molar-refractivity contribution in [2.45, 2.75) is 20.3 Å². The van der Waals surface area contributed by atoms with Gasteiger partial charge in [0.1, 0.15) is 5.75 Å². The van der Waals surface area contributed by atoms with Crippen molar-refractivity contribution >= 4 is 16.3 Å². The first-order chi connectivity index (χ1) is 9.69. The number of aromatic nitrogens is 4. The summed E-state index contributed by atoms with van der Waals surface area (Å²) in [6, 6.07) is 7.88. The molecule has 0 N–H and O–H groups in total. The maximum Gasteiger partial charge on any atom is 0.234 e. The molecule has 0 saturated carbocycles. The van der Waals surface area contributed by atoms with Crippen LogP contribution >= 0.6 is 11.3 Å². The van der Waals surface area contributed by atoms with Gasteiger partial charge in [-0.25, -0.2) is 0 Å². The molecule has 1 aromatic carbocycles. The SMILES string of the molecule is COc1ccccc1-c1nn2c(CC(C)C)nnc2s1. The Morgan fingerprint density at radius 3 is 2.80 bits per heavy atom. The Hall–Kier alpha value is -1.95. The van der Waals surface area contributed by atoms with Gasteiger partial charge in [-0.1, -0.05) is 37.3 Å². The lowest BCUT2D eigenvalue weighted by Gasteiger charge is -2.04. The molecule has 3 rings (SSSR count). The van der Waals surface area contributed by atoms with Crippen LogP contribution in [0, 0.1) is 5.92 Å². The molecule has 2 aromatic heterocycles. The summed E-state index contributed by atoms with van der Waals surface area (Å²) in [5.74, 6) is 2.26. The minimum Gasteiger partial charge on any atom is -0.496 e. The zero-order valence-electron chi connectivity index (χ0n) is 11.7. The number of nitrogens with zero attached hydrogens (tertiary/aromatic N) is 4. The molecular weight excluding hydrogens is 272 g/mol. The summed E-state index contributed by atoms with van der Waals surface area (Å²) >= 11 is 1.53. The molecule has 2 heterocycles. The highest BCUT2D eigenvalue weighted by Gasteiger charge is 2.15. The van der Waals surface area contributed by atoms with Crippen LogP contribution in [0.25, 0.3) is 15.5 Å². The number of methoxy groups -OCH3 is 1. The third-order valence-corrected chi connectivity index (χ3v) is 3.92. The Kier molecular flexibility index (Phi) is 3.40. The summed E-state index contributed by atoms with van der Waals surface area (Å²) in [6.45, 7) is 4.32. The van der Waals surface area contributed by atoms with E-state index < -0.39 is 0 Å². The van der Waals surface area contributed by atoms with Gasteiger partial charge in [0.05, 0.1) is 12.7 Å². The number of para-hydroxylation sites is 1. The standard InChI is InChI=1S/C14H16N4OS/c1-9(2)8-12-15-16-14-18(12)17-13(20-14)10-6-4-5-7-11(10)19-3/h4-7,9H,8H2,1-3H3. The molecule has 0 saturated heterocycles. The zero-order valence-corrected chi connectivity index (χ0v) is 12.5. The largest absolute Gasteiger partial charge is 0.496 e. The van der Waals surface area contributed by atoms with E-state index in [1.165, 1.54) is 11.3 Å². The van der Waals surface area contributed by atoms with Crippen LogP contribution in [-0.4, -0.2) is 26.9 Å². The third-order valence-electron chi connectivity index (χ3n) is 2.98. The number of hydrogen-bond acceptors (Lipinski definition) is 5. The number of ether oxygens (including phenoxy) is 1. The highest BCUT2D eigenvalue weighted by atomic mass is 32.1. The van der Waals surface area contributed by atoms with Gasteiger partial charge in [-0.3, -0.25) is 0 Å². The second-order valence-corrected chi connectivity index (χ2v) is 5.97. The number of rotatable bonds is 4. The van der Waals surface area contributed by atoms with Gasteiger partial charge in [-0.05, 0) is 18.1 Å². The number of benzene rings is 1. The Morgan fingerprint density at radius 1 is 1.25 bits per heavy atom. The fourth-order valence-electron chi connectivity index (χ4n) is 2.08. The monoisotopic (exact) mass is 288 g/mol. The molecule has 0 bridgehead atoms. The van der Waals surface area contributed by atoms with E-state index in [1.807, 2.05) is 28.8 Å². The van der Waals surface area contributed by atoms with Crippen molar-refractivity contribution in [1.29, 1.82) is 0 Å². The van der Waals surface area contributed by atoms with Crippen molar-refractivity contribution in [2.24, 2.45) is 5.92 Å². The first-order valence-electron chi connectivity index (χ1n) is 6.53. The van der Waals surface area contributed by atoms with Gasteiger partial charge in [0.2, 0.25) is 4.96 Å². The van der Waals surface area contributed by atoms with Crippen molar-refractivity contribution in [3.8, 4) is 16.3 Å². The average Bonchev–Trinajstić information content (AvgIpc) is 3.00. The highest BCUT2D eigenvalue weighted by Crippen LogP contribution is 2.32. The Labute approximate surface area is 121 Å². The van der Waals surface area contributed by atoms with Crippen LogP contribution in [-0.2, 0) is 6.42 Å². The quantitative estimate of drug-likeness (QED) is 0.740. The molecule has 20 heavy (non-hydrogen) atoms. The van der Waals surface area contributed by atoms with Crippen molar-refractivity contribution in [3.05, 3.63) is 30.1 Å². The molecule has 0 aliphatic rings. The minimum atomic E-state index is 0.527. The van der Waals surface area contributed by atoms with Crippen LogP contribution in [0.5, 0.6) is 5.75 Å². The van der Waals surface area contributed by atoms with Gasteiger partial charge in [0.15, 0.2) is 10.8 Å². The molecule has 0 radical (unpaired) electrons. The van der Waals surface area contributed by atoms with E-state index >= 15 is 0 Å². The number of fused-ring (bicyclic) bond motifs is 1. The van der Waals surface area contributed by atoms with Crippen molar-refractivity contribution in [3.63, 3.8) is 0 Å². The molecule has 0 atom stereocenters. The smallest absolute Gasteiger partial charge is 0.234 e. The van der Waals surface area contributed by atoms with E-state index in [-0.39, 0.29) is 0 Å². The third kappa shape index (κ3) is 2.27. The van der Waals surface area contributed by atoms with Crippen LogP contribution in [0.4, 0.5) is 0 Å². The molecule has 104 valence electrons. The lowest BCUT2D eigenvalue weighted by atomic mass is 10.1. The molecule has 0 amide bonds. The van der Waals surface area contributed by atoms with Gasteiger partial charge in [-0.2, -0.15) is 9.61 Å². The fraction of sp³-hybridized carbons (Fsp3) is 0.357. The first-order valence-corrected chi connectivity index (χ1v) is 7.35. The van der Waals surface area contributed by atoms with Gasteiger partial charge in [-0.15, -0.1) is 10.2 Å². The zero-order chi connectivity index (χ0) is 14.1. The normalized spacial score (nSPS) is 11.4. The predicted molar refractivity (Wildman–Crippen MR) is 79.2 cm³/mol. The van der Waals surface area contributed by atoms with Crippen molar-refractivity contribution < 1.29 is 4.74 Å². The van der Waals surface area contributed by atoms with Crippen LogP contribution in [0.15, 0.2) is 24.3 Å². The van der Waals surface area contributed by atoms with E-state index in [0.717, 1.165) is 33.5 Å². The van der Waals surface area contributed by atoms with Gasteiger partial charge in [0.25, 0.3) is 0 Å². The minimum absolute atomic E-state index is 0.527. The van der Waals surface area contributed by atoms with E-state index in [0.29, 0.717) is 5.92 Å². The van der Waals surface area contributed by atoms with Crippen molar-refractivity contribution in [2.75, 3.05) is 7.11 Å². The van der Waals surface area contributed by atoms with Crippen LogP contribution in [0.1, 0.15) is 19.7 Å². The molecule has 0 fully saturated rings. The Morgan fingerprint density at radius 2 is 2.05 bits per heavy atom. The topological polar surface area (TPSA) is 52.3 Å². The lowest BCUT2D eigenvalue weighted by Crippen LogP contribution is -2.01. The number of hydrogen-bond donors (Lipinski definition) is 0. The molecule has 0 aliphatic heterocycles. The van der Waals surface area contributed by atoms with Gasteiger partial charge in [0, 0.05) is 6.42 Å².